The van der Waals surface area contributed by atoms with E-state index >= 15 is 0 Å². The van der Waals surface area contributed by atoms with Gasteiger partial charge in [0.1, 0.15) is 0 Å². The first-order chi connectivity index (χ1) is 7.07. The number of phenolic OH excluding ortho intramolecular Hbond substituents is 1. The van der Waals surface area contributed by atoms with Gasteiger partial charge in [-0.25, -0.2) is 0 Å². The van der Waals surface area contributed by atoms with Gasteiger partial charge in [0.05, 0.1) is 7.11 Å². The molecule has 0 spiro atoms. The van der Waals surface area contributed by atoms with Crippen molar-refractivity contribution in [1.82, 2.24) is 0 Å². The van der Waals surface area contributed by atoms with Gasteiger partial charge in [0.25, 0.3) is 0 Å². The second kappa shape index (κ2) is 3.42. The molecule has 1 aliphatic carbocycles. The third-order valence-corrected chi connectivity index (χ3v) is 3.22. The summed E-state index contributed by atoms with van der Waals surface area (Å²) in [4.78, 5) is 0. The van der Waals surface area contributed by atoms with E-state index in [-0.39, 0.29) is 11.3 Å². The molecular weight excluding hydrogens is 190 g/mol. The number of methoxy groups -OCH3 is 1. The van der Waals surface area contributed by atoms with Crippen LogP contribution < -0.4 is 10.5 Å². The highest BCUT2D eigenvalue weighted by Crippen LogP contribution is 2.45. The molecule has 0 saturated heterocycles. The maximum absolute atomic E-state index is 10.0. The van der Waals surface area contributed by atoms with Gasteiger partial charge >= 0.3 is 0 Å². The molecule has 1 saturated carbocycles. The molecule has 3 nitrogen and oxygen atoms in total. The maximum Gasteiger partial charge on any atom is 0.162 e. The third-order valence-electron chi connectivity index (χ3n) is 3.22. The molecule has 0 radical (unpaired) electrons. The summed E-state index contributed by atoms with van der Waals surface area (Å²) in [6.07, 6.45) is 3.01. The van der Waals surface area contributed by atoms with Crippen molar-refractivity contribution in [2.45, 2.75) is 31.7 Å². The number of hydrogen-bond acceptors (Lipinski definition) is 3. The Kier molecular flexibility index (Phi) is 2.35. The Hall–Kier alpha value is -1.22. The second-order valence-corrected chi connectivity index (χ2v) is 4.37. The SMILES string of the molecule is COc1cc(C)cc(C2(N)CCC2)c1O. The van der Waals surface area contributed by atoms with Crippen molar-refractivity contribution in [3.8, 4) is 11.5 Å². The fourth-order valence-electron chi connectivity index (χ4n) is 2.11. The van der Waals surface area contributed by atoms with E-state index in [1.807, 2.05) is 19.1 Å². The molecule has 0 heterocycles. The first-order valence-corrected chi connectivity index (χ1v) is 5.24. The van der Waals surface area contributed by atoms with Crippen LogP contribution >= 0.6 is 0 Å². The van der Waals surface area contributed by atoms with Gasteiger partial charge in [-0.05, 0) is 37.8 Å². The second-order valence-electron chi connectivity index (χ2n) is 4.37. The van der Waals surface area contributed by atoms with Crippen molar-refractivity contribution < 1.29 is 9.84 Å². The smallest absolute Gasteiger partial charge is 0.162 e. The molecule has 1 aromatic rings. The molecule has 0 bridgehead atoms. The maximum atomic E-state index is 10.0. The van der Waals surface area contributed by atoms with Gasteiger partial charge in [-0.2, -0.15) is 0 Å². The molecule has 82 valence electrons. The van der Waals surface area contributed by atoms with Crippen LogP contribution in [0.1, 0.15) is 30.4 Å². The lowest BCUT2D eigenvalue weighted by molar-refractivity contribution is 0.242. The van der Waals surface area contributed by atoms with E-state index in [1.165, 1.54) is 0 Å². The topological polar surface area (TPSA) is 55.5 Å². The number of hydrogen-bond donors (Lipinski definition) is 2. The summed E-state index contributed by atoms with van der Waals surface area (Å²) in [5, 5.41) is 10.0. The lowest BCUT2D eigenvalue weighted by Gasteiger charge is -2.39. The lowest BCUT2D eigenvalue weighted by Crippen LogP contribution is -2.43. The Balaban J connectivity index is 2.50. The summed E-state index contributed by atoms with van der Waals surface area (Å²) >= 11 is 0. The fourth-order valence-corrected chi connectivity index (χ4v) is 2.11. The molecule has 3 N–H and O–H groups in total. The molecule has 1 fully saturated rings. The first kappa shape index (κ1) is 10.3. The highest BCUT2D eigenvalue weighted by Gasteiger charge is 2.37. The van der Waals surface area contributed by atoms with Gasteiger partial charge in [0.2, 0.25) is 0 Å². The van der Waals surface area contributed by atoms with Gasteiger partial charge in [-0.1, -0.05) is 6.07 Å². The molecule has 0 unspecified atom stereocenters. The zero-order valence-electron chi connectivity index (χ0n) is 9.21. The first-order valence-electron chi connectivity index (χ1n) is 5.24. The normalized spacial score (nSPS) is 18.3. The average Bonchev–Trinajstić information content (AvgIpc) is 2.17. The Bertz CT molecular complexity index is 383. The highest BCUT2D eigenvalue weighted by atomic mass is 16.5. The molecule has 0 amide bonds. The summed E-state index contributed by atoms with van der Waals surface area (Å²) in [7, 11) is 1.56. The van der Waals surface area contributed by atoms with Crippen molar-refractivity contribution in [3.63, 3.8) is 0 Å². The molecule has 0 aromatic heterocycles. The third kappa shape index (κ3) is 1.57. The molecule has 0 atom stereocenters. The van der Waals surface area contributed by atoms with E-state index in [0.29, 0.717) is 5.75 Å². The van der Waals surface area contributed by atoms with Gasteiger partial charge in [-0.3, -0.25) is 0 Å². The molecular formula is C12H17NO2. The summed E-state index contributed by atoms with van der Waals surface area (Å²) < 4.78 is 5.12. The van der Waals surface area contributed by atoms with Crippen molar-refractivity contribution >= 4 is 0 Å². The van der Waals surface area contributed by atoms with Gasteiger partial charge < -0.3 is 15.6 Å². The standard InChI is InChI=1S/C12H17NO2/c1-8-6-9(12(13)4-3-5-12)11(14)10(7-8)15-2/h6-7,14H,3-5,13H2,1-2H3. The van der Waals surface area contributed by atoms with E-state index in [0.717, 1.165) is 30.4 Å². The van der Waals surface area contributed by atoms with E-state index < -0.39 is 0 Å². The van der Waals surface area contributed by atoms with E-state index in [2.05, 4.69) is 0 Å². The van der Waals surface area contributed by atoms with Gasteiger partial charge in [0.15, 0.2) is 11.5 Å². The monoisotopic (exact) mass is 207 g/mol. The van der Waals surface area contributed by atoms with Crippen LogP contribution in [0.3, 0.4) is 0 Å². The molecule has 2 rings (SSSR count). The van der Waals surface area contributed by atoms with E-state index in [9.17, 15) is 5.11 Å². The summed E-state index contributed by atoms with van der Waals surface area (Å²) in [6.45, 7) is 1.98. The van der Waals surface area contributed by atoms with Crippen LogP contribution in [0.25, 0.3) is 0 Å². The average molecular weight is 207 g/mol. The van der Waals surface area contributed by atoms with Crippen LogP contribution in [0, 0.1) is 6.92 Å². The minimum atomic E-state index is -0.344. The Morgan fingerprint density at radius 2 is 2.07 bits per heavy atom. The van der Waals surface area contributed by atoms with E-state index in [1.54, 1.807) is 7.11 Å². The minimum Gasteiger partial charge on any atom is -0.504 e. The quantitative estimate of drug-likeness (QED) is 0.780. The predicted molar refractivity (Wildman–Crippen MR) is 59.1 cm³/mol. The van der Waals surface area contributed by atoms with Crippen LogP contribution in [-0.2, 0) is 5.54 Å². The minimum absolute atomic E-state index is 0.199. The van der Waals surface area contributed by atoms with Crippen molar-refractivity contribution in [2.75, 3.05) is 7.11 Å². The number of nitrogens with two attached hydrogens (primary N) is 1. The zero-order valence-corrected chi connectivity index (χ0v) is 9.21. The van der Waals surface area contributed by atoms with E-state index in [4.69, 9.17) is 10.5 Å². The summed E-state index contributed by atoms with van der Waals surface area (Å²) in [5.74, 6) is 0.715. The Labute approximate surface area is 89.9 Å². The van der Waals surface area contributed by atoms with Crippen molar-refractivity contribution in [2.24, 2.45) is 5.73 Å². The van der Waals surface area contributed by atoms with Crippen molar-refractivity contribution in [1.29, 1.82) is 0 Å². The molecule has 0 aliphatic heterocycles. The van der Waals surface area contributed by atoms with Crippen LogP contribution in [0.5, 0.6) is 11.5 Å². The number of benzene rings is 1. The number of ether oxygens (including phenoxy) is 1. The fraction of sp³-hybridized carbons (Fsp3) is 0.500. The van der Waals surface area contributed by atoms with Crippen LogP contribution in [-0.4, -0.2) is 12.2 Å². The largest absolute Gasteiger partial charge is 0.504 e. The molecule has 1 aromatic carbocycles. The number of aromatic hydroxyl groups is 1. The predicted octanol–water partition coefficient (Wildman–Crippen LogP) is 2.05. The summed E-state index contributed by atoms with van der Waals surface area (Å²) in [5.41, 5.74) is 7.75. The lowest BCUT2D eigenvalue weighted by atomic mass is 9.72. The van der Waals surface area contributed by atoms with Crippen molar-refractivity contribution in [3.05, 3.63) is 23.3 Å². The Morgan fingerprint density at radius 1 is 1.40 bits per heavy atom. The van der Waals surface area contributed by atoms with Gasteiger partial charge in [0, 0.05) is 11.1 Å². The Morgan fingerprint density at radius 3 is 2.53 bits per heavy atom. The number of rotatable bonds is 2. The van der Waals surface area contributed by atoms with Gasteiger partial charge in [-0.15, -0.1) is 0 Å². The number of phenols is 1. The zero-order chi connectivity index (χ0) is 11.1. The highest BCUT2D eigenvalue weighted by molar-refractivity contribution is 5.51. The van der Waals surface area contributed by atoms with Crippen LogP contribution in [0.15, 0.2) is 12.1 Å². The van der Waals surface area contributed by atoms with Crippen LogP contribution in [0.2, 0.25) is 0 Å². The number of aryl methyl sites for hydroxylation is 1. The summed E-state index contributed by atoms with van der Waals surface area (Å²) in [6, 6.07) is 3.78. The molecule has 15 heavy (non-hydrogen) atoms. The van der Waals surface area contributed by atoms with Crippen LogP contribution in [0.4, 0.5) is 0 Å². The molecule has 1 aliphatic rings. The molecule has 3 heteroatoms.